The molecule has 6 rings (SSSR count). The molecule has 2 aromatic heterocycles. The molecule has 55 heavy (non-hydrogen) atoms. The first kappa shape index (κ1) is 39.4. The van der Waals surface area contributed by atoms with E-state index >= 15 is 0 Å². The molecule has 2 saturated heterocycles. The van der Waals surface area contributed by atoms with E-state index in [9.17, 15) is 19.2 Å². The van der Waals surface area contributed by atoms with Gasteiger partial charge in [0.05, 0.1) is 50.1 Å². The highest BCUT2D eigenvalue weighted by atomic mass is 32.2. The molecule has 2 fully saturated rings. The van der Waals surface area contributed by atoms with Gasteiger partial charge in [0.1, 0.15) is 23.7 Å². The largest absolute Gasteiger partial charge is 0.453 e. The number of nitrogens with zero attached hydrogens (tertiary/aromatic N) is 4. The van der Waals surface area contributed by atoms with E-state index in [1.54, 1.807) is 29.1 Å². The fraction of sp³-hybridized carbons (Fsp3) is 0.450. The Morgan fingerprint density at radius 1 is 0.745 bits per heavy atom. The molecule has 0 aliphatic carbocycles. The number of nitrogens with one attached hydrogen (secondary N) is 4. The van der Waals surface area contributed by atoms with Gasteiger partial charge in [-0.25, -0.2) is 19.6 Å². The van der Waals surface area contributed by atoms with Crippen LogP contribution in [0.3, 0.4) is 0 Å². The van der Waals surface area contributed by atoms with Crippen LogP contribution in [0.1, 0.15) is 69.7 Å². The summed E-state index contributed by atoms with van der Waals surface area (Å²) in [5.41, 5.74) is 5.79. The molecule has 0 bridgehead atoms. The number of aromatic nitrogens is 4. The Morgan fingerprint density at radius 3 is 1.65 bits per heavy atom. The van der Waals surface area contributed by atoms with Crippen molar-refractivity contribution in [1.29, 1.82) is 0 Å². The number of hydrogen-bond acceptors (Lipinski definition) is 9. The van der Waals surface area contributed by atoms with Crippen molar-refractivity contribution in [2.75, 3.05) is 39.3 Å². The number of H-pyrrole nitrogens is 2. The van der Waals surface area contributed by atoms with E-state index in [0.717, 1.165) is 76.7 Å². The predicted molar refractivity (Wildman–Crippen MR) is 211 cm³/mol. The zero-order valence-electron chi connectivity index (χ0n) is 32.0. The zero-order chi connectivity index (χ0) is 39.1. The van der Waals surface area contributed by atoms with Crippen molar-refractivity contribution in [3.63, 3.8) is 0 Å². The number of hydrogen-bond donors (Lipinski definition) is 4. The Bertz CT molecular complexity index is 1940. The lowest BCUT2D eigenvalue weighted by Gasteiger charge is -2.30. The van der Waals surface area contributed by atoms with Crippen molar-refractivity contribution in [1.82, 2.24) is 40.4 Å². The molecule has 4 heterocycles. The Labute approximate surface area is 325 Å². The Balaban J connectivity index is 1.10. The van der Waals surface area contributed by atoms with Crippen molar-refractivity contribution < 1.29 is 28.7 Å². The van der Waals surface area contributed by atoms with E-state index in [1.807, 2.05) is 25.0 Å². The number of imidazole rings is 2. The summed E-state index contributed by atoms with van der Waals surface area (Å²) >= 11 is 1.62. The van der Waals surface area contributed by atoms with Crippen molar-refractivity contribution in [2.45, 2.75) is 70.1 Å². The molecule has 4 amide bonds. The maximum atomic E-state index is 13.6. The first-order valence-corrected chi connectivity index (χ1v) is 20.1. The van der Waals surface area contributed by atoms with E-state index in [2.05, 4.69) is 79.1 Å². The van der Waals surface area contributed by atoms with Gasteiger partial charge in [0, 0.05) is 13.1 Å². The average Bonchev–Trinajstić information content (AvgIpc) is 4.04. The maximum Gasteiger partial charge on any atom is 0.407 e. The number of likely N-dealkylation sites (tertiary alicyclic amines) is 2. The molecule has 4 aromatic rings. The summed E-state index contributed by atoms with van der Waals surface area (Å²) < 4.78 is 9.53. The molecule has 0 saturated carbocycles. The van der Waals surface area contributed by atoms with E-state index in [0.29, 0.717) is 19.5 Å². The predicted octanol–water partition coefficient (Wildman–Crippen LogP) is 6.32. The van der Waals surface area contributed by atoms with Gasteiger partial charge in [-0.05, 0) is 72.3 Å². The lowest BCUT2D eigenvalue weighted by molar-refractivity contribution is -0.135. The molecule has 0 spiro atoms. The average molecular weight is 771 g/mol. The second kappa shape index (κ2) is 17.9. The third-order valence-electron chi connectivity index (χ3n) is 10.4. The van der Waals surface area contributed by atoms with E-state index in [-0.39, 0.29) is 29.8 Å². The van der Waals surface area contributed by atoms with Gasteiger partial charge in [0.15, 0.2) is 0 Å². The number of alkyl carbamates (subject to hydrolysis) is 2. The fourth-order valence-corrected chi connectivity index (χ4v) is 7.86. The van der Waals surface area contributed by atoms with Crippen LogP contribution in [0.5, 0.6) is 0 Å². The van der Waals surface area contributed by atoms with Gasteiger partial charge in [-0.15, -0.1) is 0 Å². The van der Waals surface area contributed by atoms with Gasteiger partial charge >= 0.3 is 12.2 Å². The Kier molecular flexibility index (Phi) is 12.8. The summed E-state index contributed by atoms with van der Waals surface area (Å²) in [5, 5.41) is 5.41. The number of amides is 4. The van der Waals surface area contributed by atoms with E-state index < -0.39 is 24.3 Å². The first-order valence-electron chi connectivity index (χ1n) is 18.7. The number of carbonyl (C=O) groups is 4. The lowest BCUT2D eigenvalue weighted by Crippen LogP contribution is -2.51. The minimum Gasteiger partial charge on any atom is -0.453 e. The Hall–Kier alpha value is -5.31. The van der Waals surface area contributed by atoms with Crippen molar-refractivity contribution in [3.05, 3.63) is 72.6 Å². The smallest absolute Gasteiger partial charge is 0.407 e. The number of thioether (sulfide) groups is 1. The molecular formula is C40H50N8O6S. The summed E-state index contributed by atoms with van der Waals surface area (Å²) in [6, 6.07) is 14.8. The van der Waals surface area contributed by atoms with Crippen molar-refractivity contribution in [2.24, 2.45) is 5.92 Å². The molecule has 0 unspecified atom stereocenters. The van der Waals surface area contributed by atoms with Gasteiger partial charge in [0.2, 0.25) is 11.8 Å². The quantitative estimate of drug-likeness (QED) is 0.121. The minimum absolute atomic E-state index is 0.104. The van der Waals surface area contributed by atoms with Gasteiger partial charge in [0.25, 0.3) is 0 Å². The maximum absolute atomic E-state index is 13.6. The van der Waals surface area contributed by atoms with Crippen LogP contribution in [-0.2, 0) is 19.1 Å². The highest BCUT2D eigenvalue weighted by Crippen LogP contribution is 2.35. The number of ether oxygens (including phenoxy) is 2. The summed E-state index contributed by atoms with van der Waals surface area (Å²) in [7, 11) is 2.59. The molecule has 15 heteroatoms. The Morgan fingerprint density at radius 2 is 1.20 bits per heavy atom. The molecular weight excluding hydrogens is 721 g/mol. The molecule has 292 valence electrons. The van der Waals surface area contributed by atoms with Crippen LogP contribution in [-0.4, -0.2) is 105 Å². The molecule has 4 atom stereocenters. The second-order valence-electron chi connectivity index (χ2n) is 14.2. The number of rotatable bonds is 13. The van der Waals surface area contributed by atoms with E-state index in [4.69, 9.17) is 9.47 Å². The van der Waals surface area contributed by atoms with Crippen LogP contribution < -0.4 is 10.6 Å². The van der Waals surface area contributed by atoms with Crippen LogP contribution >= 0.6 is 11.8 Å². The molecule has 2 aromatic carbocycles. The number of aromatic amines is 2. The minimum atomic E-state index is -0.687. The van der Waals surface area contributed by atoms with Gasteiger partial charge < -0.3 is 39.9 Å². The fourth-order valence-electron chi connectivity index (χ4n) is 7.39. The van der Waals surface area contributed by atoms with Crippen LogP contribution in [0.15, 0.2) is 60.9 Å². The monoisotopic (exact) mass is 770 g/mol. The van der Waals surface area contributed by atoms with Gasteiger partial charge in [-0.2, -0.15) is 11.8 Å². The SMILES string of the molecule is COC(=O)N[C@@H](CCSC)C(=O)N1CCC[C@H]1c1ncc(-c2ccc(-c3ccc(-c4cnc([C@@H]5CCCN5C(=O)[C@@H](NC(=O)OC)C(C)C)[nH]4)cc3)cc2)[nH]1. The summed E-state index contributed by atoms with van der Waals surface area (Å²) in [5.74, 6) is 1.82. The topological polar surface area (TPSA) is 175 Å². The molecule has 0 radical (unpaired) electrons. The third-order valence-corrected chi connectivity index (χ3v) is 11.0. The van der Waals surface area contributed by atoms with E-state index in [1.165, 1.54) is 14.2 Å². The number of methoxy groups -OCH3 is 2. The second-order valence-corrected chi connectivity index (χ2v) is 15.2. The van der Waals surface area contributed by atoms with Crippen molar-refractivity contribution in [3.8, 4) is 33.6 Å². The number of benzene rings is 2. The zero-order valence-corrected chi connectivity index (χ0v) is 32.8. The van der Waals surface area contributed by atoms with Crippen molar-refractivity contribution >= 4 is 35.8 Å². The highest BCUT2D eigenvalue weighted by molar-refractivity contribution is 7.98. The third kappa shape index (κ3) is 8.98. The molecule has 14 nitrogen and oxygen atoms in total. The van der Waals surface area contributed by atoms with Gasteiger partial charge in [-0.3, -0.25) is 9.59 Å². The summed E-state index contributed by atoms with van der Waals surface area (Å²) in [6.07, 6.45) is 8.12. The van der Waals surface area contributed by atoms with Crippen LogP contribution in [0.2, 0.25) is 0 Å². The standard InChI is InChI=1S/C40H50N8O6S/c1-24(2)34(46-40(52)54-4)38(50)48-20-7-9-33(48)36-42-23-31(44-36)28-16-12-26(13-17-28)25-10-14-27(15-11-25)30-22-41-35(43-30)32-8-6-19-47(32)37(49)29(18-21-55-5)45-39(51)53-3/h10-17,22-24,29,32-34H,6-9,18-21H2,1-5H3,(H,41,43)(H,42,44)(H,45,51)(H,46,52)/t29-,32-,33-,34-/m0/s1. The van der Waals surface area contributed by atoms with Gasteiger partial charge in [-0.1, -0.05) is 62.4 Å². The summed E-state index contributed by atoms with van der Waals surface area (Å²) in [4.78, 5) is 70.9. The van der Waals surface area contributed by atoms with Crippen LogP contribution in [0, 0.1) is 5.92 Å². The normalized spacial score (nSPS) is 17.9. The molecule has 2 aliphatic rings. The van der Waals surface area contributed by atoms with Crippen LogP contribution in [0.25, 0.3) is 33.6 Å². The molecule has 2 aliphatic heterocycles. The van der Waals surface area contributed by atoms with Crippen LogP contribution in [0.4, 0.5) is 9.59 Å². The first-order chi connectivity index (χ1) is 26.6. The lowest BCUT2D eigenvalue weighted by atomic mass is 10.0. The number of carbonyl (C=O) groups excluding carboxylic acids is 4. The molecule has 4 N–H and O–H groups in total. The summed E-state index contributed by atoms with van der Waals surface area (Å²) in [6.45, 7) is 4.99. The highest BCUT2D eigenvalue weighted by Gasteiger charge is 2.38.